The van der Waals surface area contributed by atoms with E-state index in [9.17, 15) is 4.79 Å². The number of aliphatic hydroxyl groups is 1. The average molecular weight is 213 g/mol. The molecule has 0 rings (SSSR count). The zero-order valence-electron chi connectivity index (χ0n) is 6.26. The molecule has 0 atom stereocenters. The second-order valence-corrected chi connectivity index (χ2v) is 2.18. The summed E-state index contributed by atoms with van der Waals surface area (Å²) < 4.78 is 4.61. The van der Waals surface area contributed by atoms with Gasteiger partial charge in [0.1, 0.15) is 0 Å². The molecule has 4 heteroatoms. The molecule has 1 N–H and O–H groups in total. The molecule has 0 radical (unpaired) electrons. The summed E-state index contributed by atoms with van der Waals surface area (Å²) in [5.74, 6) is -0.203. The Bertz CT molecular complexity index is 75.4. The molecule has 0 saturated carbocycles. The van der Waals surface area contributed by atoms with E-state index in [4.69, 9.17) is 5.11 Å². The third-order valence-corrected chi connectivity index (χ3v) is 1.14. The van der Waals surface area contributed by atoms with Gasteiger partial charge in [-0.25, -0.2) is 0 Å². The van der Waals surface area contributed by atoms with E-state index in [-0.39, 0.29) is 5.97 Å². The van der Waals surface area contributed by atoms with Crippen LogP contribution >= 0.6 is 15.9 Å². The van der Waals surface area contributed by atoms with Crippen molar-refractivity contribution in [2.45, 2.75) is 13.3 Å². The van der Waals surface area contributed by atoms with Gasteiger partial charge < -0.3 is 9.84 Å². The number of esters is 1. The summed E-state index contributed by atoms with van der Waals surface area (Å²) in [6.07, 6.45) is 0.888. The number of hydrogen-bond donors (Lipinski definition) is 1. The third kappa shape index (κ3) is 15.7. The first kappa shape index (κ1) is 12.6. The Balaban J connectivity index is 0. The fourth-order valence-corrected chi connectivity index (χ4v) is 0.499. The van der Waals surface area contributed by atoms with Crippen LogP contribution in [0, 0.1) is 0 Å². The van der Waals surface area contributed by atoms with Gasteiger partial charge in [-0.05, 0) is 6.42 Å². The summed E-state index contributed by atoms with van der Waals surface area (Å²) in [5.41, 5.74) is 0. The predicted molar refractivity (Wildman–Crippen MR) is 43.2 cm³/mol. The maximum Gasteiger partial charge on any atom is 0.302 e. The van der Waals surface area contributed by atoms with E-state index in [1.165, 1.54) is 6.92 Å². The molecule has 0 aliphatic carbocycles. The Kier molecular flexibility index (Phi) is 14.7. The van der Waals surface area contributed by atoms with Crippen LogP contribution in [0.15, 0.2) is 0 Å². The van der Waals surface area contributed by atoms with Crippen LogP contribution in [0.25, 0.3) is 0 Å². The number of aliphatic hydroxyl groups excluding tert-OH is 1. The van der Waals surface area contributed by atoms with Crippen molar-refractivity contribution >= 4 is 21.9 Å². The largest absolute Gasteiger partial charge is 0.466 e. The molecule has 0 saturated heterocycles. The zero-order chi connectivity index (χ0) is 8.41. The fourth-order valence-electron chi connectivity index (χ4n) is 0.270. The molecule has 0 heterocycles. The molecule has 3 nitrogen and oxygen atoms in total. The van der Waals surface area contributed by atoms with Gasteiger partial charge in [0, 0.05) is 19.4 Å². The van der Waals surface area contributed by atoms with Crippen LogP contribution in [0.4, 0.5) is 0 Å². The van der Waals surface area contributed by atoms with Crippen molar-refractivity contribution in [2.24, 2.45) is 0 Å². The highest BCUT2D eigenvalue weighted by molar-refractivity contribution is 9.09. The Hall–Kier alpha value is -0.0900. The van der Waals surface area contributed by atoms with Crippen molar-refractivity contribution in [3.8, 4) is 0 Å². The molecular formula is C6H13BrO3. The number of carbonyl (C=O) groups is 1. The molecule has 0 aliphatic heterocycles. The smallest absolute Gasteiger partial charge is 0.302 e. The molecular weight excluding hydrogens is 200 g/mol. The minimum atomic E-state index is -0.203. The summed E-state index contributed by atoms with van der Waals surface area (Å²) in [4.78, 5) is 10.1. The standard InChI is InChI=1S/C5H9BrO2.CH4O/c1-5(7)8-4-2-3-6;1-2/h2-4H2,1H3;2H,1H3. The van der Waals surface area contributed by atoms with E-state index >= 15 is 0 Å². The molecule has 0 aliphatic rings. The maximum absolute atomic E-state index is 10.1. The first-order valence-electron chi connectivity index (χ1n) is 2.91. The molecule has 62 valence electrons. The van der Waals surface area contributed by atoms with Crippen LogP contribution in [0.1, 0.15) is 13.3 Å². The van der Waals surface area contributed by atoms with Crippen LogP contribution in [-0.2, 0) is 9.53 Å². The zero-order valence-corrected chi connectivity index (χ0v) is 7.85. The Morgan fingerprint density at radius 3 is 2.40 bits per heavy atom. The van der Waals surface area contributed by atoms with Crippen LogP contribution < -0.4 is 0 Å². The van der Waals surface area contributed by atoms with Gasteiger partial charge in [0.25, 0.3) is 0 Å². The van der Waals surface area contributed by atoms with Crippen LogP contribution in [0.5, 0.6) is 0 Å². The molecule has 0 aromatic heterocycles. The summed E-state index contributed by atoms with van der Waals surface area (Å²) in [6, 6.07) is 0. The predicted octanol–water partition coefficient (Wildman–Crippen LogP) is 0.943. The second kappa shape index (κ2) is 11.7. The molecule has 0 amide bonds. The van der Waals surface area contributed by atoms with Crippen LogP contribution in [0.2, 0.25) is 0 Å². The van der Waals surface area contributed by atoms with E-state index in [0.29, 0.717) is 6.61 Å². The number of rotatable bonds is 3. The van der Waals surface area contributed by atoms with Gasteiger partial charge in [-0.2, -0.15) is 0 Å². The van der Waals surface area contributed by atoms with Gasteiger partial charge in [-0.1, -0.05) is 15.9 Å². The highest BCUT2D eigenvalue weighted by Gasteiger charge is 1.88. The van der Waals surface area contributed by atoms with Gasteiger partial charge in [-0.3, -0.25) is 4.79 Å². The average Bonchev–Trinajstić information content (AvgIpc) is 1.92. The number of ether oxygens (including phenoxy) is 1. The molecule has 0 fully saturated rings. The van der Waals surface area contributed by atoms with Crippen molar-refractivity contribution < 1.29 is 14.6 Å². The van der Waals surface area contributed by atoms with Gasteiger partial charge in [0.15, 0.2) is 0 Å². The molecule has 0 bridgehead atoms. The summed E-state index contributed by atoms with van der Waals surface area (Å²) >= 11 is 3.21. The number of alkyl halides is 1. The van der Waals surface area contributed by atoms with E-state index in [1.54, 1.807) is 0 Å². The Labute approximate surface area is 69.5 Å². The second-order valence-electron chi connectivity index (χ2n) is 1.38. The Morgan fingerprint density at radius 1 is 1.60 bits per heavy atom. The molecule has 0 unspecified atom stereocenters. The first-order valence-corrected chi connectivity index (χ1v) is 4.03. The van der Waals surface area contributed by atoms with Crippen molar-refractivity contribution in [3.05, 3.63) is 0 Å². The number of hydrogen-bond acceptors (Lipinski definition) is 3. The molecule has 0 spiro atoms. The van der Waals surface area contributed by atoms with Gasteiger partial charge >= 0.3 is 5.97 Å². The minimum Gasteiger partial charge on any atom is -0.466 e. The highest BCUT2D eigenvalue weighted by atomic mass is 79.9. The topological polar surface area (TPSA) is 46.5 Å². The van der Waals surface area contributed by atoms with Crippen LogP contribution in [0.3, 0.4) is 0 Å². The normalized spacial score (nSPS) is 7.60. The van der Waals surface area contributed by atoms with Crippen molar-refractivity contribution in [3.63, 3.8) is 0 Å². The van der Waals surface area contributed by atoms with E-state index in [0.717, 1.165) is 18.9 Å². The maximum atomic E-state index is 10.1. The van der Waals surface area contributed by atoms with Crippen LogP contribution in [-0.4, -0.2) is 30.1 Å². The minimum absolute atomic E-state index is 0.203. The molecule has 0 aromatic carbocycles. The number of halogens is 1. The summed E-state index contributed by atoms with van der Waals surface area (Å²) in [6.45, 7) is 1.94. The van der Waals surface area contributed by atoms with E-state index in [1.807, 2.05) is 0 Å². The lowest BCUT2D eigenvalue weighted by molar-refractivity contribution is -0.140. The number of carbonyl (C=O) groups excluding carboxylic acids is 1. The quantitative estimate of drug-likeness (QED) is 0.431. The van der Waals surface area contributed by atoms with Gasteiger partial charge in [0.2, 0.25) is 0 Å². The summed E-state index contributed by atoms with van der Waals surface area (Å²) in [7, 11) is 1.00. The molecule has 10 heavy (non-hydrogen) atoms. The van der Waals surface area contributed by atoms with Crippen molar-refractivity contribution in [2.75, 3.05) is 19.0 Å². The Morgan fingerprint density at radius 2 is 2.10 bits per heavy atom. The lowest BCUT2D eigenvalue weighted by atomic mass is 10.5. The SMILES string of the molecule is CC(=O)OCCCBr.CO. The fraction of sp³-hybridized carbons (Fsp3) is 0.833. The van der Waals surface area contributed by atoms with E-state index in [2.05, 4.69) is 20.7 Å². The first-order chi connectivity index (χ1) is 4.77. The van der Waals surface area contributed by atoms with Crippen molar-refractivity contribution in [1.82, 2.24) is 0 Å². The lowest BCUT2D eigenvalue weighted by Gasteiger charge is -1.95. The lowest BCUT2D eigenvalue weighted by Crippen LogP contribution is -2.00. The summed E-state index contributed by atoms with van der Waals surface area (Å²) in [5, 5.41) is 7.89. The highest BCUT2D eigenvalue weighted by Crippen LogP contribution is 1.87. The monoisotopic (exact) mass is 212 g/mol. The van der Waals surface area contributed by atoms with Gasteiger partial charge in [0.05, 0.1) is 6.61 Å². The third-order valence-electron chi connectivity index (χ3n) is 0.583. The van der Waals surface area contributed by atoms with Gasteiger partial charge in [-0.15, -0.1) is 0 Å². The molecule has 0 aromatic rings. The van der Waals surface area contributed by atoms with E-state index < -0.39 is 0 Å². The van der Waals surface area contributed by atoms with Crippen molar-refractivity contribution in [1.29, 1.82) is 0 Å².